The Morgan fingerprint density at radius 1 is 1.07 bits per heavy atom. The minimum Gasteiger partial charge on any atom is -0.426 e. The van der Waals surface area contributed by atoms with Gasteiger partial charge >= 0.3 is 5.97 Å². The zero-order valence-electron chi connectivity index (χ0n) is 15.4. The van der Waals surface area contributed by atoms with Crippen LogP contribution >= 0.6 is 0 Å². The van der Waals surface area contributed by atoms with Gasteiger partial charge in [0, 0.05) is 13.1 Å². The molecule has 0 aromatic heterocycles. The molecule has 1 aliphatic rings. The van der Waals surface area contributed by atoms with Gasteiger partial charge < -0.3 is 4.74 Å². The molecule has 0 radical (unpaired) electrons. The molecule has 5 nitrogen and oxygen atoms in total. The average Bonchev–Trinajstić information content (AvgIpc) is 2.70. The largest absolute Gasteiger partial charge is 0.426 e. The highest BCUT2D eigenvalue weighted by molar-refractivity contribution is 7.89. The van der Waals surface area contributed by atoms with Crippen LogP contribution in [0.4, 0.5) is 8.78 Å². The van der Waals surface area contributed by atoms with Gasteiger partial charge in [-0.15, -0.1) is 0 Å². The van der Waals surface area contributed by atoms with Crippen molar-refractivity contribution in [1.82, 2.24) is 4.31 Å². The van der Waals surface area contributed by atoms with Gasteiger partial charge in [-0.3, -0.25) is 4.79 Å². The van der Waals surface area contributed by atoms with Crippen LogP contribution in [-0.4, -0.2) is 31.8 Å². The molecule has 8 heteroatoms. The van der Waals surface area contributed by atoms with Gasteiger partial charge in [0.25, 0.3) is 0 Å². The van der Waals surface area contributed by atoms with Gasteiger partial charge in [-0.1, -0.05) is 19.1 Å². The first-order chi connectivity index (χ1) is 13.3. The normalized spacial score (nSPS) is 16.1. The second kappa shape index (κ2) is 8.36. The summed E-state index contributed by atoms with van der Waals surface area (Å²) in [5, 5.41) is 0. The number of aryl methyl sites for hydroxylation is 1. The molecule has 1 saturated heterocycles. The molecular weight excluding hydrogens is 388 g/mol. The molecule has 2 aromatic carbocycles. The molecule has 0 bridgehead atoms. The molecule has 1 heterocycles. The van der Waals surface area contributed by atoms with E-state index in [2.05, 4.69) is 0 Å². The number of esters is 1. The van der Waals surface area contributed by atoms with Gasteiger partial charge in [0.2, 0.25) is 10.0 Å². The first-order valence-corrected chi connectivity index (χ1v) is 10.5. The van der Waals surface area contributed by atoms with Crippen LogP contribution in [0.2, 0.25) is 0 Å². The van der Waals surface area contributed by atoms with Gasteiger partial charge in [-0.25, -0.2) is 17.2 Å². The lowest BCUT2D eigenvalue weighted by atomic mass is 9.98. The summed E-state index contributed by atoms with van der Waals surface area (Å²) in [6, 6.07) is 9.74. The Balaban J connectivity index is 1.61. The lowest BCUT2D eigenvalue weighted by Crippen LogP contribution is -2.41. The van der Waals surface area contributed by atoms with Gasteiger partial charge in [-0.2, -0.15) is 4.31 Å². The first-order valence-electron chi connectivity index (χ1n) is 9.07. The number of carbonyl (C=O) groups is 1. The van der Waals surface area contributed by atoms with E-state index < -0.39 is 33.5 Å². The number of benzene rings is 2. The minimum atomic E-state index is -3.94. The molecule has 28 heavy (non-hydrogen) atoms. The van der Waals surface area contributed by atoms with Crippen molar-refractivity contribution in [2.24, 2.45) is 5.92 Å². The maximum Gasteiger partial charge on any atom is 0.314 e. The predicted molar refractivity (Wildman–Crippen MR) is 99.3 cm³/mol. The van der Waals surface area contributed by atoms with Crippen LogP contribution in [0.5, 0.6) is 5.75 Å². The first kappa shape index (κ1) is 20.4. The summed E-state index contributed by atoms with van der Waals surface area (Å²) < 4.78 is 58.2. The van der Waals surface area contributed by atoms with E-state index in [9.17, 15) is 22.0 Å². The molecule has 1 aliphatic heterocycles. The Morgan fingerprint density at radius 3 is 2.29 bits per heavy atom. The topological polar surface area (TPSA) is 63.7 Å². The zero-order chi connectivity index (χ0) is 20.3. The molecule has 1 fully saturated rings. The van der Waals surface area contributed by atoms with Gasteiger partial charge in [0.1, 0.15) is 5.75 Å². The summed E-state index contributed by atoms with van der Waals surface area (Å²) in [4.78, 5) is 12.0. The van der Waals surface area contributed by atoms with E-state index in [1.165, 1.54) is 4.31 Å². The fraction of sp³-hybridized carbons (Fsp3) is 0.350. The van der Waals surface area contributed by atoms with Crippen LogP contribution in [0.15, 0.2) is 47.4 Å². The number of hydrogen-bond donors (Lipinski definition) is 0. The molecule has 0 atom stereocenters. The van der Waals surface area contributed by atoms with Gasteiger partial charge in [-0.05, 0) is 55.2 Å². The van der Waals surface area contributed by atoms with Crippen molar-refractivity contribution in [2.75, 3.05) is 13.1 Å². The van der Waals surface area contributed by atoms with Crippen LogP contribution < -0.4 is 4.74 Å². The number of sulfonamides is 1. The predicted octanol–water partition coefficient (Wildman–Crippen LogP) is 3.53. The standard InChI is InChI=1S/C20H21F2NO4S/c1-2-14-3-5-16(6-4-14)27-20(24)15-9-11-23(12-10-15)28(25,26)17-7-8-18(21)19(22)13-17/h3-8,13,15H,2,9-12H2,1H3. The Morgan fingerprint density at radius 2 is 1.71 bits per heavy atom. The van der Waals surface area contributed by atoms with E-state index in [4.69, 9.17) is 4.74 Å². The molecular formula is C20H21F2NO4S. The maximum absolute atomic E-state index is 13.4. The summed E-state index contributed by atoms with van der Waals surface area (Å²) in [6.07, 6.45) is 1.49. The van der Waals surface area contributed by atoms with Crippen molar-refractivity contribution in [1.29, 1.82) is 0 Å². The molecule has 0 aliphatic carbocycles. The number of halogens is 2. The third-order valence-electron chi connectivity index (χ3n) is 4.87. The van der Waals surface area contributed by atoms with Crippen LogP contribution in [-0.2, 0) is 21.2 Å². The Bertz CT molecular complexity index is 953. The van der Waals surface area contributed by atoms with E-state index in [0.717, 1.165) is 24.1 Å². The third kappa shape index (κ3) is 4.39. The van der Waals surface area contributed by atoms with Crippen molar-refractivity contribution in [3.63, 3.8) is 0 Å². The Kier molecular flexibility index (Phi) is 6.10. The van der Waals surface area contributed by atoms with E-state index in [1.54, 1.807) is 12.1 Å². The SMILES string of the molecule is CCc1ccc(OC(=O)C2CCN(S(=O)(=O)c3ccc(F)c(F)c3)CC2)cc1. The summed E-state index contributed by atoms with van der Waals surface area (Å²) in [6.45, 7) is 2.24. The van der Waals surface area contributed by atoms with Crippen LogP contribution in [0, 0.1) is 17.6 Å². The highest BCUT2D eigenvalue weighted by Gasteiger charge is 2.33. The van der Waals surface area contributed by atoms with Gasteiger partial charge in [0.05, 0.1) is 10.8 Å². The number of nitrogens with zero attached hydrogens (tertiary/aromatic N) is 1. The summed E-state index contributed by atoms with van der Waals surface area (Å²) in [5.41, 5.74) is 1.13. The number of piperidine rings is 1. The minimum absolute atomic E-state index is 0.107. The molecule has 3 rings (SSSR count). The van der Waals surface area contributed by atoms with Crippen LogP contribution in [0.25, 0.3) is 0 Å². The lowest BCUT2D eigenvalue weighted by molar-refractivity contribution is -0.140. The van der Waals surface area contributed by atoms with Crippen molar-refractivity contribution >= 4 is 16.0 Å². The Labute approximate surface area is 163 Å². The van der Waals surface area contributed by atoms with E-state index >= 15 is 0 Å². The van der Waals surface area contributed by atoms with E-state index in [-0.39, 0.29) is 18.0 Å². The van der Waals surface area contributed by atoms with Crippen molar-refractivity contribution in [3.8, 4) is 5.75 Å². The van der Waals surface area contributed by atoms with E-state index in [1.807, 2.05) is 19.1 Å². The Hall–Kier alpha value is -2.32. The van der Waals surface area contributed by atoms with Crippen LogP contribution in [0.3, 0.4) is 0 Å². The zero-order valence-corrected chi connectivity index (χ0v) is 16.2. The highest BCUT2D eigenvalue weighted by atomic mass is 32.2. The van der Waals surface area contributed by atoms with Crippen molar-refractivity contribution < 1.29 is 26.7 Å². The van der Waals surface area contributed by atoms with E-state index in [0.29, 0.717) is 24.7 Å². The number of hydrogen-bond acceptors (Lipinski definition) is 4. The summed E-state index contributed by atoms with van der Waals surface area (Å²) in [5.74, 6) is -2.67. The number of ether oxygens (including phenoxy) is 1. The second-order valence-electron chi connectivity index (χ2n) is 6.67. The van der Waals surface area contributed by atoms with Crippen molar-refractivity contribution in [3.05, 3.63) is 59.7 Å². The lowest BCUT2D eigenvalue weighted by Gasteiger charge is -2.30. The average molecular weight is 409 g/mol. The molecule has 150 valence electrons. The molecule has 0 saturated carbocycles. The second-order valence-corrected chi connectivity index (χ2v) is 8.61. The van der Waals surface area contributed by atoms with Crippen molar-refractivity contribution in [2.45, 2.75) is 31.1 Å². The molecule has 0 unspecified atom stereocenters. The summed E-state index contributed by atoms with van der Waals surface area (Å²) in [7, 11) is -3.94. The fourth-order valence-electron chi connectivity index (χ4n) is 3.11. The fourth-order valence-corrected chi connectivity index (χ4v) is 4.59. The molecule has 0 N–H and O–H groups in total. The third-order valence-corrected chi connectivity index (χ3v) is 6.76. The quantitative estimate of drug-likeness (QED) is 0.560. The highest BCUT2D eigenvalue weighted by Crippen LogP contribution is 2.26. The smallest absolute Gasteiger partial charge is 0.314 e. The molecule has 0 spiro atoms. The molecule has 0 amide bonds. The monoisotopic (exact) mass is 409 g/mol. The van der Waals surface area contributed by atoms with Crippen LogP contribution in [0.1, 0.15) is 25.3 Å². The summed E-state index contributed by atoms with van der Waals surface area (Å²) >= 11 is 0. The van der Waals surface area contributed by atoms with Gasteiger partial charge in [0.15, 0.2) is 11.6 Å². The number of rotatable bonds is 5. The molecule has 2 aromatic rings. The maximum atomic E-state index is 13.4. The number of carbonyl (C=O) groups excluding carboxylic acids is 1.